The van der Waals surface area contributed by atoms with Gasteiger partial charge >= 0.3 is 0 Å². The van der Waals surface area contributed by atoms with Gasteiger partial charge in [0.25, 0.3) is 0 Å². The minimum Gasteiger partial charge on any atom is -0.301 e. The maximum atomic E-state index is 13.0. The van der Waals surface area contributed by atoms with Crippen molar-refractivity contribution in [3.8, 4) is 0 Å². The molecule has 0 aliphatic carbocycles. The Morgan fingerprint density at radius 1 is 1.33 bits per heavy atom. The van der Waals surface area contributed by atoms with Crippen molar-refractivity contribution in [2.24, 2.45) is 0 Å². The normalized spacial score (nSPS) is 10.6. The summed E-state index contributed by atoms with van der Waals surface area (Å²) in [6.45, 7) is 1.96. The molecule has 0 spiro atoms. The summed E-state index contributed by atoms with van der Waals surface area (Å²) in [5.74, 6) is -1.47. The van der Waals surface area contributed by atoms with Gasteiger partial charge in [-0.25, -0.2) is 8.78 Å². The Morgan fingerprint density at radius 2 is 2.14 bits per heavy atom. The lowest BCUT2D eigenvalue weighted by atomic mass is 10.3. The third kappa shape index (κ3) is 4.75. The summed E-state index contributed by atoms with van der Waals surface area (Å²) in [5.41, 5.74) is 0. The summed E-state index contributed by atoms with van der Waals surface area (Å²) < 4.78 is 25.8. The van der Waals surface area contributed by atoms with Crippen LogP contribution in [-0.4, -0.2) is 21.9 Å². The quantitative estimate of drug-likeness (QED) is 0.824. The van der Waals surface area contributed by atoms with Crippen LogP contribution >= 0.6 is 23.1 Å². The highest BCUT2D eigenvalue weighted by molar-refractivity contribution is 7.99. The zero-order valence-electron chi connectivity index (χ0n) is 11.2. The molecule has 0 fully saturated rings. The maximum absolute atomic E-state index is 13.0. The van der Waals surface area contributed by atoms with Crippen LogP contribution in [0, 0.1) is 11.6 Å². The first-order valence-electron chi connectivity index (χ1n) is 6.28. The maximum Gasteiger partial charge on any atom is 0.227 e. The molecule has 0 unspecified atom stereocenters. The molecular formula is C13H13F2N3OS2. The van der Waals surface area contributed by atoms with Crippen molar-refractivity contribution in [1.82, 2.24) is 10.2 Å². The number of amides is 1. The smallest absolute Gasteiger partial charge is 0.227 e. The van der Waals surface area contributed by atoms with Gasteiger partial charge in [0.1, 0.15) is 5.01 Å². The Morgan fingerprint density at radius 3 is 2.81 bits per heavy atom. The van der Waals surface area contributed by atoms with E-state index in [1.54, 1.807) is 0 Å². The van der Waals surface area contributed by atoms with Crippen molar-refractivity contribution >= 4 is 34.1 Å². The fourth-order valence-corrected chi connectivity index (χ4v) is 3.03. The largest absolute Gasteiger partial charge is 0.301 e. The van der Waals surface area contributed by atoms with Gasteiger partial charge in [-0.2, -0.15) is 0 Å². The van der Waals surface area contributed by atoms with Crippen LogP contribution < -0.4 is 5.32 Å². The van der Waals surface area contributed by atoms with E-state index in [4.69, 9.17) is 0 Å². The number of aromatic nitrogens is 2. The second-order valence-corrected chi connectivity index (χ2v) is 6.31. The van der Waals surface area contributed by atoms with Crippen molar-refractivity contribution in [3.63, 3.8) is 0 Å². The van der Waals surface area contributed by atoms with Crippen LogP contribution in [0.3, 0.4) is 0 Å². The fourth-order valence-electron chi connectivity index (χ4n) is 1.46. The molecule has 0 saturated carbocycles. The van der Waals surface area contributed by atoms with Gasteiger partial charge in [-0.05, 0) is 24.6 Å². The number of nitrogens with one attached hydrogen (secondary N) is 1. The first-order valence-corrected chi connectivity index (χ1v) is 8.08. The molecule has 21 heavy (non-hydrogen) atoms. The van der Waals surface area contributed by atoms with Crippen molar-refractivity contribution in [2.45, 2.75) is 24.7 Å². The fraction of sp³-hybridized carbons (Fsp3) is 0.308. The van der Waals surface area contributed by atoms with Crippen molar-refractivity contribution in [3.05, 3.63) is 34.8 Å². The number of carbonyl (C=O) groups is 1. The van der Waals surface area contributed by atoms with E-state index in [1.807, 2.05) is 6.92 Å². The van der Waals surface area contributed by atoms with E-state index < -0.39 is 11.6 Å². The summed E-state index contributed by atoms with van der Waals surface area (Å²) in [7, 11) is 0. The Kier molecular flexibility index (Phi) is 5.63. The second-order valence-electron chi connectivity index (χ2n) is 4.08. The summed E-state index contributed by atoms with van der Waals surface area (Å²) in [6.07, 6.45) is 1.03. The third-order valence-corrected chi connectivity index (χ3v) is 4.48. The number of carbonyl (C=O) groups excluding carboxylic acids is 1. The van der Waals surface area contributed by atoms with Gasteiger partial charge in [0.05, 0.1) is 0 Å². The molecule has 0 saturated heterocycles. The van der Waals surface area contributed by atoms with Gasteiger partial charge in [0, 0.05) is 17.1 Å². The Labute approximate surface area is 129 Å². The van der Waals surface area contributed by atoms with E-state index in [0.717, 1.165) is 23.6 Å². The van der Waals surface area contributed by atoms with Crippen LogP contribution in [-0.2, 0) is 11.2 Å². The Balaban J connectivity index is 1.77. The number of nitrogens with zero attached hydrogens (tertiary/aromatic N) is 2. The lowest BCUT2D eigenvalue weighted by Crippen LogP contribution is -2.11. The van der Waals surface area contributed by atoms with Crippen LogP contribution in [0.15, 0.2) is 23.1 Å². The first kappa shape index (κ1) is 15.8. The van der Waals surface area contributed by atoms with E-state index in [-0.39, 0.29) is 12.3 Å². The van der Waals surface area contributed by atoms with E-state index in [1.165, 1.54) is 29.2 Å². The minimum atomic E-state index is -0.884. The molecule has 0 aliphatic heterocycles. The molecule has 2 aromatic rings. The van der Waals surface area contributed by atoms with E-state index >= 15 is 0 Å². The zero-order valence-corrected chi connectivity index (χ0v) is 12.9. The van der Waals surface area contributed by atoms with Crippen LogP contribution in [0.1, 0.15) is 18.4 Å². The van der Waals surface area contributed by atoms with Crippen LogP contribution in [0.2, 0.25) is 0 Å². The molecule has 1 heterocycles. The van der Waals surface area contributed by atoms with E-state index in [9.17, 15) is 13.6 Å². The molecule has 0 atom stereocenters. The minimum absolute atomic E-state index is 0.177. The molecule has 112 valence electrons. The standard InChI is InChI=1S/C13H13F2N3OS2/c1-2-12-17-18-13(21-12)16-11(19)5-6-20-8-3-4-9(14)10(15)7-8/h3-4,7H,2,5-6H2,1H3,(H,16,18,19). The predicted octanol–water partition coefficient (Wildman–Crippen LogP) is 3.50. The number of anilines is 1. The Hall–Kier alpha value is -1.54. The van der Waals surface area contributed by atoms with Crippen LogP contribution in [0.5, 0.6) is 0 Å². The molecule has 1 aromatic heterocycles. The number of rotatable bonds is 6. The molecule has 0 aliphatic rings. The molecule has 1 amide bonds. The topological polar surface area (TPSA) is 54.9 Å². The van der Waals surface area contributed by atoms with Crippen molar-refractivity contribution in [2.75, 3.05) is 11.1 Å². The monoisotopic (exact) mass is 329 g/mol. The molecule has 8 heteroatoms. The highest BCUT2D eigenvalue weighted by Crippen LogP contribution is 2.21. The van der Waals surface area contributed by atoms with Crippen LogP contribution in [0.4, 0.5) is 13.9 Å². The lowest BCUT2D eigenvalue weighted by Gasteiger charge is -2.02. The van der Waals surface area contributed by atoms with E-state index in [2.05, 4.69) is 15.5 Å². The van der Waals surface area contributed by atoms with Gasteiger partial charge < -0.3 is 5.32 Å². The number of hydrogen-bond donors (Lipinski definition) is 1. The molecule has 2 rings (SSSR count). The van der Waals surface area contributed by atoms with Gasteiger partial charge in [0.15, 0.2) is 11.6 Å². The van der Waals surface area contributed by atoms with Gasteiger partial charge in [-0.15, -0.1) is 22.0 Å². The van der Waals surface area contributed by atoms with E-state index in [0.29, 0.717) is 15.8 Å². The van der Waals surface area contributed by atoms with Gasteiger partial charge in [0.2, 0.25) is 11.0 Å². The summed E-state index contributed by atoms with van der Waals surface area (Å²) >= 11 is 2.63. The highest BCUT2D eigenvalue weighted by Gasteiger charge is 2.08. The third-order valence-electron chi connectivity index (χ3n) is 2.50. The first-order chi connectivity index (χ1) is 10.1. The number of benzene rings is 1. The average Bonchev–Trinajstić information content (AvgIpc) is 2.90. The number of aryl methyl sites for hydroxylation is 1. The van der Waals surface area contributed by atoms with Gasteiger partial charge in [-0.3, -0.25) is 4.79 Å². The number of hydrogen-bond acceptors (Lipinski definition) is 5. The van der Waals surface area contributed by atoms with Crippen molar-refractivity contribution < 1.29 is 13.6 Å². The summed E-state index contributed by atoms with van der Waals surface area (Å²) in [5, 5.41) is 11.8. The highest BCUT2D eigenvalue weighted by atomic mass is 32.2. The molecule has 0 bridgehead atoms. The SMILES string of the molecule is CCc1nnc(NC(=O)CCSc2ccc(F)c(F)c2)s1. The van der Waals surface area contributed by atoms with Crippen molar-refractivity contribution in [1.29, 1.82) is 0 Å². The molecule has 1 aromatic carbocycles. The zero-order chi connectivity index (χ0) is 15.2. The predicted molar refractivity (Wildman–Crippen MR) is 79.6 cm³/mol. The number of halogens is 2. The summed E-state index contributed by atoms with van der Waals surface area (Å²) in [4.78, 5) is 12.3. The molecule has 4 nitrogen and oxygen atoms in total. The second kappa shape index (κ2) is 7.46. The number of thioether (sulfide) groups is 1. The van der Waals surface area contributed by atoms with Crippen LogP contribution in [0.25, 0.3) is 0 Å². The Bertz CT molecular complexity index is 634. The van der Waals surface area contributed by atoms with Gasteiger partial charge in [-0.1, -0.05) is 18.3 Å². The lowest BCUT2D eigenvalue weighted by molar-refractivity contribution is -0.115. The average molecular weight is 329 g/mol. The molecular weight excluding hydrogens is 316 g/mol. The molecule has 1 N–H and O–H groups in total. The molecule has 0 radical (unpaired) electrons. The summed E-state index contributed by atoms with van der Waals surface area (Å²) in [6, 6.07) is 3.68.